The molecule has 0 aliphatic heterocycles. The molecule has 0 fully saturated rings. The van der Waals surface area contributed by atoms with E-state index in [1.807, 2.05) is 24.8 Å². The predicted octanol–water partition coefficient (Wildman–Crippen LogP) is 5.37. The highest BCUT2D eigenvalue weighted by Gasteiger charge is 2.26. The fourth-order valence-corrected chi connectivity index (χ4v) is 4.16. The van der Waals surface area contributed by atoms with Gasteiger partial charge in [0.15, 0.2) is 5.13 Å². The molecule has 2 heterocycles. The lowest BCUT2D eigenvalue weighted by Crippen LogP contribution is -2.17. The minimum Gasteiger partial charge on any atom is -0.365 e. The van der Waals surface area contributed by atoms with Gasteiger partial charge in [-0.3, -0.25) is 9.69 Å². The molecule has 0 saturated heterocycles. The zero-order chi connectivity index (χ0) is 21.3. The molecule has 0 saturated carbocycles. The maximum atomic E-state index is 11.7. The van der Waals surface area contributed by atoms with E-state index in [1.54, 1.807) is 0 Å². The third-order valence-electron chi connectivity index (χ3n) is 4.68. The highest BCUT2D eigenvalue weighted by molar-refractivity contribution is 7.17. The molecule has 1 aromatic carbocycles. The van der Waals surface area contributed by atoms with Gasteiger partial charge in [0.25, 0.3) is 5.91 Å². The van der Waals surface area contributed by atoms with Crippen molar-refractivity contribution in [3.05, 3.63) is 58.0 Å². The van der Waals surface area contributed by atoms with Gasteiger partial charge in [-0.2, -0.15) is 0 Å². The van der Waals surface area contributed by atoms with Crippen molar-refractivity contribution in [1.29, 1.82) is 0 Å². The molecule has 7 heteroatoms. The monoisotopic (exact) mass is 409 g/mol. The van der Waals surface area contributed by atoms with Crippen molar-refractivity contribution in [1.82, 2.24) is 15.0 Å². The average Bonchev–Trinajstić information content (AvgIpc) is 3.11. The van der Waals surface area contributed by atoms with Crippen LogP contribution in [0.1, 0.15) is 71.8 Å². The van der Waals surface area contributed by atoms with Gasteiger partial charge in [0.1, 0.15) is 16.5 Å². The third kappa shape index (κ3) is 4.29. The summed E-state index contributed by atoms with van der Waals surface area (Å²) in [6.45, 7) is 12.5. The largest absolute Gasteiger partial charge is 0.365 e. The third-order valence-corrected chi connectivity index (χ3v) is 5.67. The van der Waals surface area contributed by atoms with Gasteiger partial charge in [0.2, 0.25) is 0 Å². The van der Waals surface area contributed by atoms with Crippen molar-refractivity contribution in [3.63, 3.8) is 0 Å². The van der Waals surface area contributed by atoms with Crippen molar-refractivity contribution in [2.75, 3.05) is 4.90 Å². The second-order valence-electron chi connectivity index (χ2n) is 7.72. The molecule has 1 amide bonds. The molecule has 0 unspecified atom stereocenters. The van der Waals surface area contributed by atoms with Crippen LogP contribution in [0, 0.1) is 13.8 Å². The molecule has 2 N–H and O–H groups in total. The van der Waals surface area contributed by atoms with Crippen molar-refractivity contribution in [2.24, 2.45) is 5.73 Å². The van der Waals surface area contributed by atoms with Gasteiger partial charge >= 0.3 is 0 Å². The van der Waals surface area contributed by atoms with E-state index >= 15 is 0 Å². The zero-order valence-corrected chi connectivity index (χ0v) is 18.5. The van der Waals surface area contributed by atoms with Crippen LogP contribution >= 0.6 is 11.3 Å². The van der Waals surface area contributed by atoms with E-state index in [1.165, 1.54) is 28.7 Å². The van der Waals surface area contributed by atoms with E-state index in [0.717, 1.165) is 17.2 Å². The maximum absolute atomic E-state index is 11.7. The molecule has 0 atom stereocenters. The van der Waals surface area contributed by atoms with Gasteiger partial charge in [-0.1, -0.05) is 57.2 Å². The number of nitrogens with two attached hydrogens (primary N) is 1. The highest BCUT2D eigenvalue weighted by Crippen LogP contribution is 2.44. The molecule has 3 rings (SSSR count). The summed E-state index contributed by atoms with van der Waals surface area (Å²) in [7, 11) is 0. The van der Waals surface area contributed by atoms with Crippen LogP contribution in [0.25, 0.3) is 0 Å². The van der Waals surface area contributed by atoms with Gasteiger partial charge in [-0.05, 0) is 36.8 Å². The minimum atomic E-state index is -0.482. The number of anilines is 3. The summed E-state index contributed by atoms with van der Waals surface area (Å²) in [4.78, 5) is 27.8. The van der Waals surface area contributed by atoms with E-state index < -0.39 is 5.91 Å². The van der Waals surface area contributed by atoms with Gasteiger partial charge in [-0.25, -0.2) is 15.0 Å². The quantitative estimate of drug-likeness (QED) is 0.592. The van der Waals surface area contributed by atoms with Crippen LogP contribution in [0.2, 0.25) is 0 Å². The summed E-state index contributed by atoms with van der Waals surface area (Å²) < 4.78 is 0. The Morgan fingerprint density at radius 3 is 2.17 bits per heavy atom. The fraction of sp³-hybridized carbons (Fsp3) is 0.364. The van der Waals surface area contributed by atoms with Crippen molar-refractivity contribution >= 4 is 33.9 Å². The number of amides is 1. The second-order valence-corrected chi connectivity index (χ2v) is 8.73. The fourth-order valence-electron chi connectivity index (χ4n) is 3.37. The number of aromatic nitrogens is 3. The summed E-state index contributed by atoms with van der Waals surface area (Å²) in [5, 5.41) is 0.659. The lowest BCUT2D eigenvalue weighted by molar-refractivity contribution is 0.100. The number of carbonyl (C=O) groups is 1. The Bertz CT molecular complexity index is 995. The number of aryl methyl sites for hydroxylation is 2. The van der Waals surface area contributed by atoms with Crippen LogP contribution in [-0.4, -0.2) is 20.9 Å². The number of hydrogen-bond donors (Lipinski definition) is 1. The van der Waals surface area contributed by atoms with Gasteiger partial charge in [0, 0.05) is 11.8 Å². The van der Waals surface area contributed by atoms with Crippen LogP contribution < -0.4 is 10.6 Å². The van der Waals surface area contributed by atoms with Crippen molar-refractivity contribution in [3.8, 4) is 0 Å². The molecule has 3 aromatic rings. The summed E-state index contributed by atoms with van der Waals surface area (Å²) in [6.07, 6.45) is 1.53. The number of carbonyl (C=O) groups excluding carboxylic acids is 1. The van der Waals surface area contributed by atoms with Crippen LogP contribution in [-0.2, 0) is 0 Å². The van der Waals surface area contributed by atoms with Crippen LogP contribution in [0.15, 0.2) is 30.5 Å². The molecule has 0 aliphatic rings. The highest BCUT2D eigenvalue weighted by atomic mass is 32.1. The van der Waals surface area contributed by atoms with Crippen molar-refractivity contribution < 1.29 is 4.79 Å². The summed E-state index contributed by atoms with van der Waals surface area (Å²) in [5.41, 5.74) is 9.82. The number of para-hydroxylation sites is 1. The number of primary amides is 1. The number of hydrogen-bond acceptors (Lipinski definition) is 6. The maximum Gasteiger partial charge on any atom is 0.260 e. The van der Waals surface area contributed by atoms with E-state index in [2.05, 4.69) is 55.9 Å². The first-order valence-corrected chi connectivity index (χ1v) is 10.5. The number of rotatable bonds is 6. The predicted molar refractivity (Wildman–Crippen MR) is 119 cm³/mol. The Labute approximate surface area is 175 Å². The summed E-state index contributed by atoms with van der Waals surface area (Å²) >= 11 is 1.27. The van der Waals surface area contributed by atoms with Gasteiger partial charge in [-0.15, -0.1) is 0 Å². The number of thiazole rings is 1. The molecular formula is C22H27N5OS. The van der Waals surface area contributed by atoms with E-state index in [0.29, 0.717) is 27.7 Å². The molecule has 29 heavy (non-hydrogen) atoms. The Balaban J connectivity index is 2.36. The molecule has 0 spiro atoms. The first-order chi connectivity index (χ1) is 13.7. The summed E-state index contributed by atoms with van der Waals surface area (Å²) in [5.74, 6) is 1.53. The molecule has 0 bridgehead atoms. The second kappa shape index (κ2) is 8.29. The molecule has 0 aliphatic carbocycles. The minimum absolute atomic E-state index is 0.297. The molecule has 0 radical (unpaired) electrons. The van der Waals surface area contributed by atoms with E-state index in [4.69, 9.17) is 10.7 Å². The van der Waals surface area contributed by atoms with Crippen molar-refractivity contribution in [2.45, 2.75) is 53.4 Å². The Morgan fingerprint density at radius 1 is 1.07 bits per heavy atom. The summed E-state index contributed by atoms with van der Waals surface area (Å²) in [6, 6.07) is 8.32. The first-order valence-electron chi connectivity index (χ1n) is 9.69. The molecular weight excluding hydrogens is 382 g/mol. The lowest BCUT2D eigenvalue weighted by Gasteiger charge is -2.29. The number of benzene rings is 1. The van der Waals surface area contributed by atoms with E-state index in [9.17, 15) is 4.79 Å². The Morgan fingerprint density at radius 2 is 1.69 bits per heavy atom. The average molecular weight is 410 g/mol. The smallest absolute Gasteiger partial charge is 0.260 e. The van der Waals surface area contributed by atoms with Crippen LogP contribution in [0.3, 0.4) is 0 Å². The molecule has 2 aromatic heterocycles. The molecule has 6 nitrogen and oxygen atoms in total. The zero-order valence-electron chi connectivity index (χ0n) is 17.7. The van der Waals surface area contributed by atoms with Crippen LogP contribution in [0.4, 0.5) is 16.6 Å². The van der Waals surface area contributed by atoms with Gasteiger partial charge in [0.05, 0.1) is 11.9 Å². The normalized spacial score (nSPS) is 11.3. The van der Waals surface area contributed by atoms with E-state index in [-0.39, 0.29) is 0 Å². The Kier molecular flexibility index (Phi) is 5.98. The van der Waals surface area contributed by atoms with Crippen LogP contribution in [0.5, 0.6) is 0 Å². The standard InChI is InChI=1S/C22H27N5OS/c1-12(2)16-8-7-9-17(13(3)4)20(16)27(19-10-14(5)25-15(6)26-19)22-24-11-18(29-22)21(23)28/h7-13H,1-6H3,(H2,23,28). The number of nitrogens with zero attached hydrogens (tertiary/aromatic N) is 4. The van der Waals surface area contributed by atoms with Gasteiger partial charge < -0.3 is 5.73 Å². The Hall–Kier alpha value is -2.80. The molecule has 152 valence electrons. The first kappa shape index (κ1) is 20.9. The lowest BCUT2D eigenvalue weighted by atomic mass is 9.92. The topological polar surface area (TPSA) is 85.0 Å². The SMILES string of the molecule is Cc1cc(N(c2ncc(C(N)=O)s2)c2c(C(C)C)cccc2C(C)C)nc(C)n1.